The minimum atomic E-state index is -1.09. The Hall–Kier alpha value is -12.9. The van der Waals surface area contributed by atoms with E-state index in [-0.39, 0.29) is 55.7 Å². The molecular formula is C100H122N12O16S3. The van der Waals surface area contributed by atoms with E-state index in [4.69, 9.17) is 43.0 Å². The summed E-state index contributed by atoms with van der Waals surface area (Å²) in [5.41, 5.74) is 14.1. The minimum absolute atomic E-state index is 0.150. The van der Waals surface area contributed by atoms with Crippen molar-refractivity contribution >= 4 is 115 Å². The number of carboxylic acids is 1. The van der Waals surface area contributed by atoms with E-state index < -0.39 is 71.1 Å². The summed E-state index contributed by atoms with van der Waals surface area (Å²) < 4.78 is 37.1. The molecule has 0 fully saturated rings. The number of ether oxygens (including phenoxy) is 4. The van der Waals surface area contributed by atoms with E-state index in [1.807, 2.05) is 217 Å². The maximum atomic E-state index is 14.5. The number of aryl methyl sites for hydroxylation is 3. The number of hydrogen-bond donors (Lipinski definition) is 7. The number of esters is 1. The molecule has 6 aromatic carbocycles. The molecule has 7 heterocycles. The molecule has 7 aromatic heterocycles. The van der Waals surface area contributed by atoms with Gasteiger partial charge in [0.25, 0.3) is 0 Å². The molecule has 0 aliphatic heterocycles. The smallest absolute Gasteiger partial charge is 0.408 e. The Morgan fingerprint density at radius 1 is 0.412 bits per heavy atom. The second kappa shape index (κ2) is 50.3. The largest absolute Gasteiger partial charge is 0.480 e. The fraction of sp³-hybridized carbons (Fsp3) is 0.360. The summed E-state index contributed by atoms with van der Waals surface area (Å²) in [6, 6.07) is 51.8. The zero-order valence-corrected chi connectivity index (χ0v) is 80.0. The lowest BCUT2D eigenvalue weighted by Crippen LogP contribution is -2.56. The van der Waals surface area contributed by atoms with Crippen molar-refractivity contribution in [2.75, 3.05) is 6.54 Å². The molecular weight excluding hydrogens is 1720 g/mol. The van der Waals surface area contributed by atoms with Crippen molar-refractivity contribution in [1.29, 1.82) is 0 Å². The molecule has 0 saturated carbocycles. The van der Waals surface area contributed by atoms with Crippen molar-refractivity contribution in [3.8, 4) is 0 Å². The molecule has 0 spiro atoms. The summed E-state index contributed by atoms with van der Waals surface area (Å²) in [6.07, 6.45) is 7.14. The number of fused-ring (bicyclic) bond motifs is 3. The van der Waals surface area contributed by atoms with Crippen LogP contribution in [-0.4, -0.2) is 136 Å². The molecule has 13 rings (SSSR count). The molecule has 0 unspecified atom stereocenters. The molecule has 0 aliphatic carbocycles. The molecule has 4 atom stereocenters. The lowest BCUT2D eigenvalue weighted by molar-refractivity contribution is -0.152. The van der Waals surface area contributed by atoms with Crippen LogP contribution >= 0.6 is 34.0 Å². The van der Waals surface area contributed by atoms with Crippen molar-refractivity contribution in [2.45, 2.75) is 229 Å². The molecule has 0 bridgehead atoms. The Morgan fingerprint density at radius 3 is 1.11 bits per heavy atom. The van der Waals surface area contributed by atoms with Crippen LogP contribution in [-0.2, 0) is 108 Å². The highest BCUT2D eigenvalue weighted by atomic mass is 32.1. The molecule has 0 saturated heterocycles. The Bertz CT molecular complexity index is 5750. The van der Waals surface area contributed by atoms with Crippen molar-refractivity contribution in [1.82, 2.24) is 56.3 Å². The van der Waals surface area contributed by atoms with Crippen molar-refractivity contribution in [3.63, 3.8) is 0 Å². The number of benzene rings is 6. The van der Waals surface area contributed by atoms with Crippen LogP contribution in [0, 0.1) is 20.8 Å². The number of nitrogens with one attached hydrogen (secondary N) is 5. The number of carbonyl (C=O) groups excluding carboxylic acids is 7. The normalized spacial score (nSPS) is 12.1. The monoisotopic (exact) mass is 1840 g/mol. The average Bonchev–Trinajstić information content (AvgIpc) is 1.67. The van der Waals surface area contributed by atoms with Gasteiger partial charge in [-0.05, 0) is 210 Å². The molecule has 28 nitrogen and oxygen atoms in total. The van der Waals surface area contributed by atoms with Crippen LogP contribution in [0.15, 0.2) is 236 Å². The predicted octanol–water partition coefficient (Wildman–Crippen LogP) is 18.9. The number of aromatic nitrogens is 4. The standard InChI is InChI=1S/C36H39N5O5S.C28H31N3O4S.C14H14N2OS.C14H19NO4.C6H12O2.C2H7N/c1-24-38-29(23-47-24)22-41(21-27-12-13-32-28(17-27)14-16-45-32)34(43)31(18-25-9-6-5-7-10-25)39-33(42)30(19-26-11-8-15-37-20-26)40-35(44)46-36(2,3)4;1-19-29-23(18-36-19)17-31(16-21-10-11-25-22(14-21)12-13-34-25)26(32)24(15-20-8-6-5-7-9-20)30-27(33)35-28(2,3)4;1-10-16-13(9-18-10)8-15-7-11-2-3-14-12(6-11)4-5-17-14;1-14(2,3)19-13(18)15-11(12(16)17)9-10-7-5-4-6-8-10;1-5(7)8-6(2,3)4;1-2-3/h5-17,20,23,30-31H,18-19,21-22H2,1-4H3,(H,39,42)(H,40,44);5-14,18,24H,15-17H2,1-4H3,(H,30,33);2-6,9,15H,7-8H2,1H3;4-8,11H,9H2,1-3H3,(H,15,18)(H,16,17);1-4H3;2-3H2,1H3/t30-,31-;24-;;11-;;/m00.0../s1. The maximum Gasteiger partial charge on any atom is 0.408 e. The number of nitrogens with zero attached hydrogens (tertiary/aromatic N) is 6. The molecule has 0 aliphatic rings. The van der Waals surface area contributed by atoms with Gasteiger partial charge in [0.15, 0.2) is 0 Å². The number of rotatable bonds is 28. The predicted molar refractivity (Wildman–Crippen MR) is 512 cm³/mol. The molecule has 696 valence electrons. The van der Waals surface area contributed by atoms with Crippen LogP contribution in [0.5, 0.6) is 0 Å². The van der Waals surface area contributed by atoms with Crippen LogP contribution in [0.3, 0.4) is 0 Å². The van der Waals surface area contributed by atoms with Gasteiger partial charge in [0.1, 0.15) is 63.3 Å². The highest BCUT2D eigenvalue weighted by Crippen LogP contribution is 2.26. The molecule has 0 radical (unpaired) electrons. The van der Waals surface area contributed by atoms with Crippen LogP contribution in [0.4, 0.5) is 14.4 Å². The topological polar surface area (TPSA) is 377 Å². The fourth-order valence-corrected chi connectivity index (χ4v) is 14.8. The Morgan fingerprint density at radius 2 is 0.756 bits per heavy atom. The van der Waals surface area contributed by atoms with Crippen molar-refractivity contribution in [3.05, 3.63) is 294 Å². The number of thiazole rings is 3. The Labute approximate surface area is 777 Å². The Kier molecular flexibility index (Phi) is 39.7. The summed E-state index contributed by atoms with van der Waals surface area (Å²) >= 11 is 4.75. The summed E-state index contributed by atoms with van der Waals surface area (Å²) in [7, 11) is 0. The van der Waals surface area contributed by atoms with E-state index >= 15 is 0 Å². The highest BCUT2D eigenvalue weighted by molar-refractivity contribution is 7.10. The average molecular weight is 1840 g/mol. The quantitative estimate of drug-likeness (QED) is 0.0177. The highest BCUT2D eigenvalue weighted by Gasteiger charge is 2.34. The first kappa shape index (κ1) is 103. The van der Waals surface area contributed by atoms with Gasteiger partial charge in [-0.25, -0.2) is 34.1 Å². The lowest BCUT2D eigenvalue weighted by atomic mass is 10.0. The van der Waals surface area contributed by atoms with Gasteiger partial charge in [-0.15, -0.1) is 34.0 Å². The third kappa shape index (κ3) is 38.3. The van der Waals surface area contributed by atoms with Crippen molar-refractivity contribution < 1.29 is 75.7 Å². The third-order valence-corrected chi connectivity index (χ3v) is 20.8. The summed E-state index contributed by atoms with van der Waals surface area (Å²) in [4.78, 5) is 122. The number of alkyl carbamates (subject to hydrolysis) is 3. The SMILES string of the molecule is CC(=O)OC(C)(C)C.CC(C)(C)OC(=O)N[C@@H](Cc1ccccc1)C(=O)O.CCN.Cc1nc(CN(Cc2ccc3occc3c2)C(=O)[C@H](Cc2ccccc2)NC(=O)OC(C)(C)C)cs1.Cc1nc(CN(Cc2ccc3occc3c2)C(=O)[C@H](Cc2ccccc2)NC(=O)[C@H](Cc2cccnc2)NC(=O)OC(C)(C)C)cs1.Cc1nc(CNCc2ccc3occc3c2)cs1. The van der Waals surface area contributed by atoms with Gasteiger partial charge in [0.2, 0.25) is 17.7 Å². The van der Waals surface area contributed by atoms with Gasteiger partial charge in [-0.2, -0.15) is 0 Å². The van der Waals surface area contributed by atoms with Crippen LogP contribution in [0.1, 0.15) is 168 Å². The van der Waals surface area contributed by atoms with Gasteiger partial charge >= 0.3 is 30.2 Å². The van der Waals surface area contributed by atoms with Crippen LogP contribution in [0.25, 0.3) is 32.9 Å². The number of nitrogens with two attached hydrogens (primary N) is 1. The lowest BCUT2D eigenvalue weighted by Gasteiger charge is -2.29. The summed E-state index contributed by atoms with van der Waals surface area (Å²) in [5.74, 6) is -2.31. The van der Waals surface area contributed by atoms with Crippen molar-refractivity contribution in [2.24, 2.45) is 5.73 Å². The van der Waals surface area contributed by atoms with Gasteiger partial charge < -0.3 is 79.4 Å². The number of hydrogen-bond acceptors (Lipinski definition) is 24. The number of carbonyl (C=O) groups is 8. The molecule has 13 aromatic rings. The Balaban J connectivity index is 0.000000220. The third-order valence-electron chi connectivity index (χ3n) is 18.3. The summed E-state index contributed by atoms with van der Waals surface area (Å²) in [5, 5.41) is 35.4. The minimum Gasteiger partial charge on any atom is -0.480 e. The van der Waals surface area contributed by atoms with Crippen LogP contribution in [0.2, 0.25) is 0 Å². The zero-order chi connectivity index (χ0) is 95.4. The zero-order valence-electron chi connectivity index (χ0n) is 77.5. The summed E-state index contributed by atoms with van der Waals surface area (Å²) in [6.45, 7) is 34.2. The first-order valence-corrected chi connectivity index (χ1v) is 45.6. The number of aliphatic carboxylic acids is 1. The van der Waals surface area contributed by atoms with Gasteiger partial charge in [0.05, 0.1) is 64.0 Å². The number of furan rings is 3. The molecule has 131 heavy (non-hydrogen) atoms. The molecule has 8 N–H and O–H groups in total. The van der Waals surface area contributed by atoms with E-state index in [0.717, 1.165) is 118 Å². The van der Waals surface area contributed by atoms with E-state index in [1.165, 1.54) is 23.8 Å². The first-order valence-electron chi connectivity index (χ1n) is 42.9. The van der Waals surface area contributed by atoms with E-state index in [9.17, 15) is 38.4 Å². The van der Waals surface area contributed by atoms with Gasteiger partial charge in [-0.1, -0.05) is 122 Å². The van der Waals surface area contributed by atoms with Gasteiger partial charge in [-0.3, -0.25) is 24.2 Å². The number of carboxylic acid groups (broad SMARTS) is 1. The van der Waals surface area contributed by atoms with E-state index in [1.54, 1.807) is 132 Å². The fourth-order valence-electron chi connectivity index (χ4n) is 13.0. The molecule has 6 amide bonds. The van der Waals surface area contributed by atoms with E-state index in [0.29, 0.717) is 19.5 Å². The number of amides is 6. The van der Waals surface area contributed by atoms with E-state index in [2.05, 4.69) is 64.0 Å². The van der Waals surface area contributed by atoms with Gasteiger partial charge in [0, 0.05) is 103 Å². The second-order valence-corrected chi connectivity index (χ2v) is 37.9. The van der Waals surface area contributed by atoms with Crippen LogP contribution < -0.4 is 32.3 Å². The number of pyridine rings is 1. The second-order valence-electron chi connectivity index (χ2n) is 34.7. The maximum absolute atomic E-state index is 14.5. The molecule has 31 heteroatoms. The first-order chi connectivity index (χ1) is 62.1.